The summed E-state index contributed by atoms with van der Waals surface area (Å²) in [5, 5.41) is -0.256. The molecule has 1 saturated heterocycles. The summed E-state index contributed by atoms with van der Waals surface area (Å²) in [5.41, 5.74) is 0.917. The first-order valence-corrected chi connectivity index (χ1v) is 11.9. The van der Waals surface area contributed by atoms with Crippen LogP contribution in [0.25, 0.3) is 0 Å². The minimum atomic E-state index is -3.84. The third kappa shape index (κ3) is 4.87. The number of hydrogen-bond donors (Lipinski definition) is 0. The maximum atomic E-state index is 13.3. The Morgan fingerprint density at radius 1 is 1.06 bits per heavy atom. The number of sulfone groups is 1. The van der Waals surface area contributed by atoms with Gasteiger partial charge >= 0.3 is 0 Å². The highest BCUT2D eigenvalue weighted by atomic mass is 32.2. The molecule has 32 heavy (non-hydrogen) atoms. The second-order valence-corrected chi connectivity index (χ2v) is 9.48. The number of rotatable bonds is 8. The topological polar surface area (TPSA) is 86.0 Å². The Kier molecular flexibility index (Phi) is 6.62. The van der Waals surface area contributed by atoms with E-state index in [1.807, 2.05) is 24.3 Å². The lowest BCUT2D eigenvalue weighted by Crippen LogP contribution is -2.36. The molecule has 0 N–H and O–H groups in total. The van der Waals surface area contributed by atoms with Crippen molar-refractivity contribution in [1.82, 2.24) is 4.90 Å². The average molecular weight is 456 g/mol. The molecule has 0 spiro atoms. The van der Waals surface area contributed by atoms with E-state index in [4.69, 9.17) is 13.9 Å². The Bertz CT molecular complexity index is 1150. The molecule has 1 unspecified atom stereocenters. The number of carbonyl (C=O) groups excluding carboxylic acids is 1. The number of benzene rings is 2. The van der Waals surface area contributed by atoms with Crippen LogP contribution in [0, 0.1) is 0 Å². The van der Waals surface area contributed by atoms with Crippen LogP contribution in [-0.4, -0.2) is 45.6 Å². The zero-order valence-corrected chi connectivity index (χ0v) is 18.6. The van der Waals surface area contributed by atoms with Gasteiger partial charge in [-0.3, -0.25) is 4.79 Å². The lowest BCUT2D eigenvalue weighted by Gasteiger charge is -2.25. The van der Waals surface area contributed by atoms with E-state index in [0.29, 0.717) is 19.7 Å². The monoisotopic (exact) mass is 455 g/mol. The summed E-state index contributed by atoms with van der Waals surface area (Å²) in [6.45, 7) is 1.41. The van der Waals surface area contributed by atoms with Crippen LogP contribution in [0.5, 0.6) is 5.75 Å². The molecular formula is C24H25NO6S. The molecule has 0 bridgehead atoms. The average Bonchev–Trinajstić information content (AvgIpc) is 3.52. The molecule has 3 aromatic rings. The van der Waals surface area contributed by atoms with E-state index in [1.165, 1.54) is 24.3 Å². The SMILES string of the molecule is COc1ccc(CN(CC2CCCO2)C(=O)c2ccc(S(=O)(=O)c3ccccc3)o2)cc1. The normalized spacial score (nSPS) is 16.1. The molecular weight excluding hydrogens is 430 g/mol. The van der Waals surface area contributed by atoms with Gasteiger partial charge in [0.25, 0.3) is 5.91 Å². The lowest BCUT2D eigenvalue weighted by atomic mass is 10.1. The predicted molar refractivity (Wildman–Crippen MR) is 117 cm³/mol. The fourth-order valence-corrected chi connectivity index (χ4v) is 4.85. The number of carbonyl (C=O) groups is 1. The van der Waals surface area contributed by atoms with Gasteiger partial charge in [0.15, 0.2) is 5.76 Å². The first-order valence-electron chi connectivity index (χ1n) is 10.4. The van der Waals surface area contributed by atoms with Crippen molar-refractivity contribution in [1.29, 1.82) is 0 Å². The van der Waals surface area contributed by atoms with E-state index in [0.717, 1.165) is 24.2 Å². The minimum absolute atomic E-state index is 0.0222. The van der Waals surface area contributed by atoms with Gasteiger partial charge in [-0.15, -0.1) is 0 Å². The fourth-order valence-electron chi connectivity index (χ4n) is 3.66. The lowest BCUT2D eigenvalue weighted by molar-refractivity contribution is 0.0480. The van der Waals surface area contributed by atoms with Crippen molar-refractivity contribution in [3.8, 4) is 5.75 Å². The van der Waals surface area contributed by atoms with Crippen LogP contribution in [0.3, 0.4) is 0 Å². The van der Waals surface area contributed by atoms with Gasteiger partial charge in [-0.25, -0.2) is 8.42 Å². The molecule has 7 nitrogen and oxygen atoms in total. The molecule has 4 rings (SSSR count). The molecule has 168 valence electrons. The van der Waals surface area contributed by atoms with E-state index in [2.05, 4.69) is 0 Å². The van der Waals surface area contributed by atoms with Crippen molar-refractivity contribution >= 4 is 15.7 Å². The number of furan rings is 1. The summed E-state index contributed by atoms with van der Waals surface area (Å²) in [6.07, 6.45) is 1.77. The summed E-state index contributed by atoms with van der Waals surface area (Å²) in [4.78, 5) is 15.0. The van der Waals surface area contributed by atoms with E-state index < -0.39 is 9.84 Å². The number of hydrogen-bond acceptors (Lipinski definition) is 6. The number of nitrogens with zero attached hydrogens (tertiary/aromatic N) is 1. The zero-order valence-electron chi connectivity index (χ0n) is 17.8. The first kappa shape index (κ1) is 22.1. The fraction of sp³-hybridized carbons (Fsp3) is 0.292. The highest BCUT2D eigenvalue weighted by Crippen LogP contribution is 2.25. The van der Waals surface area contributed by atoms with Crippen molar-refractivity contribution < 1.29 is 27.1 Å². The van der Waals surface area contributed by atoms with Crippen molar-refractivity contribution in [2.24, 2.45) is 0 Å². The molecule has 0 aliphatic carbocycles. The van der Waals surface area contributed by atoms with E-state index >= 15 is 0 Å². The Morgan fingerprint density at radius 2 is 1.81 bits per heavy atom. The molecule has 8 heteroatoms. The summed E-state index contributed by atoms with van der Waals surface area (Å²) in [6, 6.07) is 18.2. The second-order valence-electron chi connectivity index (χ2n) is 7.60. The maximum absolute atomic E-state index is 13.3. The summed E-state index contributed by atoms with van der Waals surface area (Å²) in [7, 11) is -2.24. The van der Waals surface area contributed by atoms with Crippen molar-refractivity contribution in [3.63, 3.8) is 0 Å². The van der Waals surface area contributed by atoms with Crippen LogP contribution >= 0.6 is 0 Å². The highest BCUT2D eigenvalue weighted by molar-refractivity contribution is 7.91. The smallest absolute Gasteiger partial charge is 0.290 e. The standard InChI is InChI=1S/C24H25NO6S/c1-29-19-11-9-18(10-12-19)16-25(17-20-6-5-15-30-20)24(26)22-13-14-23(31-22)32(27,28)21-7-3-2-4-8-21/h2-4,7-14,20H,5-6,15-17H2,1H3. The molecule has 1 aromatic heterocycles. The van der Waals surface area contributed by atoms with Gasteiger partial charge in [0.2, 0.25) is 14.9 Å². The first-order chi connectivity index (χ1) is 15.5. The molecule has 1 atom stereocenters. The molecule has 2 heterocycles. The Labute approximate surface area is 187 Å². The van der Waals surface area contributed by atoms with Crippen LogP contribution in [0.4, 0.5) is 0 Å². The van der Waals surface area contributed by atoms with Gasteiger partial charge in [-0.05, 0) is 54.8 Å². The van der Waals surface area contributed by atoms with E-state index in [1.54, 1.807) is 30.2 Å². The maximum Gasteiger partial charge on any atom is 0.290 e. The molecule has 1 amide bonds. The van der Waals surface area contributed by atoms with Gasteiger partial charge in [-0.1, -0.05) is 30.3 Å². The van der Waals surface area contributed by atoms with Crippen molar-refractivity contribution in [3.05, 3.63) is 78.1 Å². The minimum Gasteiger partial charge on any atom is -0.497 e. The van der Waals surface area contributed by atoms with Crippen LogP contribution in [0.2, 0.25) is 0 Å². The van der Waals surface area contributed by atoms with Crippen LogP contribution in [0.1, 0.15) is 29.0 Å². The largest absolute Gasteiger partial charge is 0.497 e. The van der Waals surface area contributed by atoms with Gasteiger partial charge < -0.3 is 18.8 Å². The molecule has 1 aliphatic heterocycles. The molecule has 2 aromatic carbocycles. The number of amides is 1. The van der Waals surface area contributed by atoms with E-state index in [-0.39, 0.29) is 27.8 Å². The van der Waals surface area contributed by atoms with Crippen molar-refractivity contribution in [2.45, 2.75) is 35.5 Å². The predicted octanol–water partition coefficient (Wildman–Crippen LogP) is 3.94. The van der Waals surface area contributed by atoms with Gasteiger partial charge in [0, 0.05) is 19.7 Å². The molecule has 1 aliphatic rings. The second kappa shape index (κ2) is 9.58. The number of methoxy groups -OCH3 is 1. The Hall–Kier alpha value is -3.10. The summed E-state index contributed by atoms with van der Waals surface area (Å²) >= 11 is 0. The summed E-state index contributed by atoms with van der Waals surface area (Å²) < 4.78 is 42.1. The molecule has 1 fully saturated rings. The van der Waals surface area contributed by atoms with Gasteiger partial charge in [0.05, 0.1) is 18.1 Å². The van der Waals surface area contributed by atoms with Crippen LogP contribution in [0.15, 0.2) is 81.1 Å². The quantitative estimate of drug-likeness (QED) is 0.511. The summed E-state index contributed by atoms with van der Waals surface area (Å²) in [5.74, 6) is 0.324. The third-order valence-corrected chi connectivity index (χ3v) is 7.02. The molecule has 0 saturated carbocycles. The third-order valence-electron chi connectivity index (χ3n) is 5.38. The van der Waals surface area contributed by atoms with Gasteiger partial charge in [-0.2, -0.15) is 0 Å². The van der Waals surface area contributed by atoms with Crippen molar-refractivity contribution in [2.75, 3.05) is 20.3 Å². The van der Waals surface area contributed by atoms with Crippen LogP contribution in [-0.2, 0) is 21.1 Å². The number of ether oxygens (including phenoxy) is 2. The van der Waals surface area contributed by atoms with Crippen LogP contribution < -0.4 is 4.74 Å². The highest BCUT2D eigenvalue weighted by Gasteiger charge is 2.28. The van der Waals surface area contributed by atoms with Gasteiger partial charge in [0.1, 0.15) is 5.75 Å². The Morgan fingerprint density at radius 3 is 2.47 bits per heavy atom. The Balaban J connectivity index is 1.57. The zero-order chi connectivity index (χ0) is 22.6. The molecule has 0 radical (unpaired) electrons. The van der Waals surface area contributed by atoms with E-state index in [9.17, 15) is 13.2 Å².